The van der Waals surface area contributed by atoms with Crippen molar-refractivity contribution in [3.05, 3.63) is 22.4 Å². The molecule has 0 amide bonds. The lowest BCUT2D eigenvalue weighted by Gasteiger charge is -2.35. The molecule has 1 fully saturated rings. The van der Waals surface area contributed by atoms with Crippen LogP contribution in [-0.4, -0.2) is 50.8 Å². The van der Waals surface area contributed by atoms with E-state index in [-0.39, 0.29) is 0 Å². The van der Waals surface area contributed by atoms with Gasteiger partial charge in [-0.1, -0.05) is 0 Å². The van der Waals surface area contributed by atoms with Crippen molar-refractivity contribution in [3.63, 3.8) is 0 Å². The molecular formula is C12H20N2OS. The van der Waals surface area contributed by atoms with Crippen molar-refractivity contribution in [3.8, 4) is 0 Å². The van der Waals surface area contributed by atoms with Gasteiger partial charge >= 0.3 is 0 Å². The fourth-order valence-corrected chi connectivity index (χ4v) is 2.82. The van der Waals surface area contributed by atoms with Gasteiger partial charge in [-0.25, -0.2) is 0 Å². The Kier molecular flexibility index (Phi) is 4.78. The Labute approximate surface area is 101 Å². The highest BCUT2D eigenvalue weighted by Crippen LogP contribution is 2.11. The highest BCUT2D eigenvalue weighted by Gasteiger charge is 2.21. The second kappa shape index (κ2) is 6.35. The number of thiophene rings is 1. The van der Waals surface area contributed by atoms with E-state index in [2.05, 4.69) is 27.0 Å². The molecule has 3 nitrogen and oxygen atoms in total. The van der Waals surface area contributed by atoms with Gasteiger partial charge < -0.3 is 10.1 Å². The molecule has 4 heteroatoms. The average molecular weight is 240 g/mol. The Bertz CT molecular complexity index is 287. The van der Waals surface area contributed by atoms with Crippen molar-refractivity contribution in [1.82, 2.24) is 10.2 Å². The van der Waals surface area contributed by atoms with E-state index in [4.69, 9.17) is 4.74 Å². The normalized spacial score (nSPS) is 22.4. The largest absolute Gasteiger partial charge is 0.378 e. The minimum absolute atomic E-state index is 0.539. The Morgan fingerprint density at radius 3 is 3.31 bits per heavy atom. The number of likely N-dealkylation sites (N-methyl/N-ethyl adjacent to an activating group) is 1. The van der Waals surface area contributed by atoms with Crippen LogP contribution in [0.15, 0.2) is 16.8 Å². The van der Waals surface area contributed by atoms with Crippen LogP contribution in [0, 0.1) is 0 Å². The Morgan fingerprint density at radius 2 is 2.56 bits per heavy atom. The molecular weight excluding hydrogens is 220 g/mol. The summed E-state index contributed by atoms with van der Waals surface area (Å²) in [5, 5.41) is 7.64. The molecule has 1 unspecified atom stereocenters. The number of rotatable bonds is 5. The van der Waals surface area contributed by atoms with E-state index in [1.807, 2.05) is 7.05 Å². The van der Waals surface area contributed by atoms with Gasteiger partial charge in [0.1, 0.15) is 0 Å². The first-order valence-corrected chi connectivity index (χ1v) is 6.82. The van der Waals surface area contributed by atoms with Gasteiger partial charge in [-0.15, -0.1) is 0 Å². The van der Waals surface area contributed by atoms with Crippen molar-refractivity contribution in [2.24, 2.45) is 0 Å². The van der Waals surface area contributed by atoms with Crippen LogP contribution in [0.1, 0.15) is 5.56 Å². The summed E-state index contributed by atoms with van der Waals surface area (Å²) < 4.78 is 5.52. The number of morpholine rings is 1. The first-order valence-electron chi connectivity index (χ1n) is 5.87. The first-order chi connectivity index (χ1) is 7.90. The van der Waals surface area contributed by atoms with Crippen LogP contribution in [-0.2, 0) is 11.2 Å². The Morgan fingerprint density at radius 1 is 1.62 bits per heavy atom. The summed E-state index contributed by atoms with van der Waals surface area (Å²) in [6.45, 7) is 4.97. The molecule has 0 aromatic carbocycles. The maximum Gasteiger partial charge on any atom is 0.0634 e. The summed E-state index contributed by atoms with van der Waals surface area (Å²) in [6.07, 6.45) is 1.16. The highest BCUT2D eigenvalue weighted by molar-refractivity contribution is 7.07. The molecule has 90 valence electrons. The molecule has 0 spiro atoms. The number of hydrogen-bond donors (Lipinski definition) is 1. The summed E-state index contributed by atoms with van der Waals surface area (Å²) in [4.78, 5) is 2.54. The molecule has 1 saturated heterocycles. The number of hydrogen-bond acceptors (Lipinski definition) is 4. The molecule has 1 aromatic heterocycles. The number of nitrogens with one attached hydrogen (secondary N) is 1. The summed E-state index contributed by atoms with van der Waals surface area (Å²) >= 11 is 1.78. The van der Waals surface area contributed by atoms with Gasteiger partial charge in [0.05, 0.1) is 13.2 Å². The standard InChI is InChI=1S/C12H20N2OS/c1-13-8-12-9-15-6-5-14(12)4-2-11-3-7-16-10-11/h3,7,10,12-13H,2,4-6,8-9H2,1H3. The molecule has 0 saturated carbocycles. The van der Waals surface area contributed by atoms with Crippen LogP contribution in [0.2, 0.25) is 0 Å². The summed E-state index contributed by atoms with van der Waals surface area (Å²) in [6, 6.07) is 2.76. The smallest absolute Gasteiger partial charge is 0.0634 e. The minimum Gasteiger partial charge on any atom is -0.378 e. The third-order valence-electron chi connectivity index (χ3n) is 3.06. The Balaban J connectivity index is 1.81. The van der Waals surface area contributed by atoms with Crippen molar-refractivity contribution in [2.75, 3.05) is 39.9 Å². The molecule has 1 aromatic rings. The zero-order valence-corrected chi connectivity index (χ0v) is 10.6. The van der Waals surface area contributed by atoms with E-state index < -0.39 is 0 Å². The molecule has 2 rings (SSSR count). The molecule has 0 radical (unpaired) electrons. The van der Waals surface area contributed by atoms with Crippen molar-refractivity contribution in [1.29, 1.82) is 0 Å². The second-order valence-electron chi connectivity index (χ2n) is 4.20. The number of ether oxygens (including phenoxy) is 1. The maximum atomic E-state index is 5.52. The fraction of sp³-hybridized carbons (Fsp3) is 0.667. The molecule has 16 heavy (non-hydrogen) atoms. The van der Waals surface area contributed by atoms with Crippen LogP contribution in [0.5, 0.6) is 0 Å². The van der Waals surface area contributed by atoms with Crippen molar-refractivity contribution < 1.29 is 4.74 Å². The lowest BCUT2D eigenvalue weighted by atomic mass is 10.2. The van der Waals surface area contributed by atoms with Gasteiger partial charge in [0.15, 0.2) is 0 Å². The van der Waals surface area contributed by atoms with Crippen LogP contribution >= 0.6 is 11.3 Å². The molecule has 1 aliphatic rings. The zero-order chi connectivity index (χ0) is 11.2. The van der Waals surface area contributed by atoms with Gasteiger partial charge in [0.25, 0.3) is 0 Å². The summed E-state index contributed by atoms with van der Waals surface area (Å²) in [5.41, 5.74) is 1.46. The first kappa shape index (κ1) is 12.0. The number of nitrogens with zero attached hydrogens (tertiary/aromatic N) is 1. The van der Waals surface area contributed by atoms with Gasteiger partial charge in [-0.05, 0) is 35.9 Å². The van der Waals surface area contributed by atoms with Crippen molar-refractivity contribution in [2.45, 2.75) is 12.5 Å². The van der Waals surface area contributed by atoms with Crippen LogP contribution < -0.4 is 5.32 Å². The van der Waals surface area contributed by atoms with Gasteiger partial charge in [-0.2, -0.15) is 11.3 Å². The third-order valence-corrected chi connectivity index (χ3v) is 3.79. The third kappa shape index (κ3) is 3.28. The fourth-order valence-electron chi connectivity index (χ4n) is 2.11. The van der Waals surface area contributed by atoms with Crippen molar-refractivity contribution >= 4 is 11.3 Å². The zero-order valence-electron chi connectivity index (χ0n) is 9.82. The monoisotopic (exact) mass is 240 g/mol. The lowest BCUT2D eigenvalue weighted by molar-refractivity contribution is -0.00555. The van der Waals surface area contributed by atoms with Gasteiger partial charge in [0.2, 0.25) is 0 Å². The minimum atomic E-state index is 0.539. The molecule has 0 aliphatic carbocycles. The summed E-state index contributed by atoms with van der Waals surface area (Å²) in [7, 11) is 2.01. The second-order valence-corrected chi connectivity index (χ2v) is 4.98. The molecule has 2 heterocycles. The molecule has 1 aliphatic heterocycles. The topological polar surface area (TPSA) is 24.5 Å². The molecule has 1 atom stereocenters. The summed E-state index contributed by atoms with van der Waals surface area (Å²) in [5.74, 6) is 0. The van der Waals surface area contributed by atoms with E-state index >= 15 is 0 Å². The van der Waals surface area contributed by atoms with Crippen LogP contribution in [0.4, 0.5) is 0 Å². The van der Waals surface area contributed by atoms with E-state index in [0.717, 1.165) is 39.3 Å². The predicted molar refractivity (Wildman–Crippen MR) is 68.1 cm³/mol. The van der Waals surface area contributed by atoms with Crippen LogP contribution in [0.3, 0.4) is 0 Å². The average Bonchev–Trinajstić information content (AvgIpc) is 2.81. The maximum absolute atomic E-state index is 5.52. The quantitative estimate of drug-likeness (QED) is 0.837. The SMILES string of the molecule is CNCC1COCCN1CCc1ccsc1. The van der Waals surface area contributed by atoms with E-state index in [1.54, 1.807) is 11.3 Å². The molecule has 1 N–H and O–H groups in total. The van der Waals surface area contributed by atoms with E-state index in [0.29, 0.717) is 6.04 Å². The molecule has 0 bridgehead atoms. The highest BCUT2D eigenvalue weighted by atomic mass is 32.1. The van der Waals surface area contributed by atoms with E-state index in [1.165, 1.54) is 5.56 Å². The van der Waals surface area contributed by atoms with E-state index in [9.17, 15) is 0 Å². The Hall–Kier alpha value is -0.420. The van der Waals surface area contributed by atoms with Gasteiger partial charge in [-0.3, -0.25) is 4.90 Å². The lowest BCUT2D eigenvalue weighted by Crippen LogP contribution is -2.50. The van der Waals surface area contributed by atoms with Crippen LogP contribution in [0.25, 0.3) is 0 Å². The predicted octanol–water partition coefficient (Wildman–Crippen LogP) is 1.21. The van der Waals surface area contributed by atoms with Gasteiger partial charge in [0, 0.05) is 25.7 Å².